The van der Waals surface area contributed by atoms with E-state index in [1.165, 1.54) is 16.5 Å². The lowest BCUT2D eigenvalue weighted by Gasteiger charge is -2.30. The van der Waals surface area contributed by atoms with Crippen LogP contribution in [0.15, 0.2) is 30.5 Å². The smallest absolute Gasteiger partial charge is 0.0958 e. The van der Waals surface area contributed by atoms with Crippen LogP contribution in [0.4, 0.5) is 0 Å². The SMILES string of the molecule is CN1CCOC(c2cccc3[nH]ccc23)C1. The number of hydrogen-bond acceptors (Lipinski definition) is 2. The van der Waals surface area contributed by atoms with Crippen LogP contribution in [-0.4, -0.2) is 36.6 Å². The Morgan fingerprint density at radius 2 is 2.31 bits per heavy atom. The fourth-order valence-corrected chi connectivity index (χ4v) is 2.36. The minimum atomic E-state index is 0.207. The Kier molecular flexibility index (Phi) is 2.42. The van der Waals surface area contributed by atoms with Gasteiger partial charge in [0.25, 0.3) is 0 Å². The maximum absolute atomic E-state index is 5.86. The van der Waals surface area contributed by atoms with E-state index in [-0.39, 0.29) is 6.10 Å². The Balaban J connectivity index is 2.01. The van der Waals surface area contributed by atoms with Gasteiger partial charge >= 0.3 is 0 Å². The molecule has 0 aliphatic carbocycles. The minimum Gasteiger partial charge on any atom is -0.371 e. The van der Waals surface area contributed by atoms with Gasteiger partial charge < -0.3 is 14.6 Å². The second-order valence-corrected chi connectivity index (χ2v) is 4.41. The van der Waals surface area contributed by atoms with E-state index in [9.17, 15) is 0 Å². The van der Waals surface area contributed by atoms with Gasteiger partial charge in [-0.3, -0.25) is 0 Å². The molecule has 2 heterocycles. The minimum absolute atomic E-state index is 0.207. The van der Waals surface area contributed by atoms with Crippen molar-refractivity contribution in [2.75, 3.05) is 26.7 Å². The van der Waals surface area contributed by atoms with E-state index in [0.717, 1.165) is 19.7 Å². The maximum atomic E-state index is 5.86. The van der Waals surface area contributed by atoms with Gasteiger partial charge in [-0.2, -0.15) is 0 Å². The number of nitrogens with one attached hydrogen (secondary N) is 1. The van der Waals surface area contributed by atoms with Crippen LogP contribution in [0.2, 0.25) is 0 Å². The predicted octanol–water partition coefficient (Wildman–Crippen LogP) is 2.17. The summed E-state index contributed by atoms with van der Waals surface area (Å²) in [5.41, 5.74) is 2.49. The first-order valence-corrected chi connectivity index (χ1v) is 5.71. The van der Waals surface area contributed by atoms with Gasteiger partial charge in [0.1, 0.15) is 0 Å². The topological polar surface area (TPSA) is 28.3 Å². The molecule has 1 aromatic carbocycles. The third kappa shape index (κ3) is 1.62. The van der Waals surface area contributed by atoms with Crippen LogP contribution in [0, 0.1) is 0 Å². The van der Waals surface area contributed by atoms with Gasteiger partial charge in [-0.1, -0.05) is 12.1 Å². The number of rotatable bonds is 1. The van der Waals surface area contributed by atoms with Crippen molar-refractivity contribution in [3.63, 3.8) is 0 Å². The van der Waals surface area contributed by atoms with Gasteiger partial charge in [-0.15, -0.1) is 0 Å². The lowest BCUT2D eigenvalue weighted by Crippen LogP contribution is -2.35. The van der Waals surface area contributed by atoms with Crippen molar-refractivity contribution < 1.29 is 4.74 Å². The summed E-state index contributed by atoms with van der Waals surface area (Å²) >= 11 is 0. The van der Waals surface area contributed by atoms with Crippen LogP contribution in [0.3, 0.4) is 0 Å². The van der Waals surface area contributed by atoms with E-state index in [4.69, 9.17) is 4.74 Å². The molecular formula is C13H16N2O. The molecule has 0 bridgehead atoms. The Hall–Kier alpha value is -1.32. The molecule has 1 saturated heterocycles. The second kappa shape index (κ2) is 3.92. The van der Waals surface area contributed by atoms with Gasteiger partial charge in [-0.05, 0) is 24.7 Å². The molecule has 1 fully saturated rings. The lowest BCUT2D eigenvalue weighted by molar-refractivity contribution is -0.0201. The highest BCUT2D eigenvalue weighted by molar-refractivity contribution is 5.83. The molecule has 1 unspecified atom stereocenters. The van der Waals surface area contributed by atoms with Crippen molar-refractivity contribution in [1.29, 1.82) is 0 Å². The number of aromatic amines is 1. The first-order valence-electron chi connectivity index (χ1n) is 5.71. The fraction of sp³-hybridized carbons (Fsp3) is 0.385. The number of H-pyrrole nitrogens is 1. The van der Waals surface area contributed by atoms with Crippen LogP contribution >= 0.6 is 0 Å². The fourth-order valence-electron chi connectivity index (χ4n) is 2.36. The summed E-state index contributed by atoms with van der Waals surface area (Å²) in [7, 11) is 2.15. The van der Waals surface area contributed by atoms with Gasteiger partial charge in [0.15, 0.2) is 0 Å². The Morgan fingerprint density at radius 3 is 3.19 bits per heavy atom. The maximum Gasteiger partial charge on any atom is 0.0958 e. The van der Waals surface area contributed by atoms with Gasteiger partial charge in [0, 0.05) is 30.2 Å². The number of morpholine rings is 1. The summed E-state index contributed by atoms with van der Waals surface area (Å²) in [6, 6.07) is 8.49. The predicted molar refractivity (Wildman–Crippen MR) is 64.5 cm³/mol. The molecule has 0 amide bonds. The molecule has 3 nitrogen and oxygen atoms in total. The molecular weight excluding hydrogens is 200 g/mol. The first kappa shape index (κ1) is 9.87. The molecule has 1 N–H and O–H groups in total. The monoisotopic (exact) mass is 216 g/mol. The number of likely N-dealkylation sites (N-methyl/N-ethyl adjacent to an activating group) is 1. The molecule has 0 saturated carbocycles. The highest BCUT2D eigenvalue weighted by Gasteiger charge is 2.21. The number of benzene rings is 1. The molecule has 84 valence electrons. The standard InChI is InChI=1S/C13H16N2O/c1-15-7-8-16-13(9-15)11-3-2-4-12-10(11)5-6-14-12/h2-6,13-14H,7-9H2,1H3. The molecule has 2 aromatic rings. The Morgan fingerprint density at radius 1 is 1.38 bits per heavy atom. The normalized spacial score (nSPS) is 22.7. The van der Waals surface area contributed by atoms with Crippen molar-refractivity contribution in [3.05, 3.63) is 36.0 Å². The highest BCUT2D eigenvalue weighted by Crippen LogP contribution is 2.28. The average Bonchev–Trinajstić information content (AvgIpc) is 2.76. The quantitative estimate of drug-likeness (QED) is 0.791. The molecule has 1 aliphatic rings. The molecule has 1 aromatic heterocycles. The van der Waals surface area contributed by atoms with E-state index >= 15 is 0 Å². The number of fused-ring (bicyclic) bond motifs is 1. The summed E-state index contributed by atoms with van der Waals surface area (Å²) in [5.74, 6) is 0. The van der Waals surface area contributed by atoms with Crippen molar-refractivity contribution in [2.24, 2.45) is 0 Å². The highest BCUT2D eigenvalue weighted by atomic mass is 16.5. The van der Waals surface area contributed by atoms with Gasteiger partial charge in [-0.25, -0.2) is 0 Å². The number of nitrogens with zero attached hydrogens (tertiary/aromatic N) is 1. The van der Waals surface area contributed by atoms with E-state index in [1.54, 1.807) is 0 Å². The summed E-state index contributed by atoms with van der Waals surface area (Å²) < 4.78 is 5.86. The van der Waals surface area contributed by atoms with Crippen molar-refractivity contribution in [3.8, 4) is 0 Å². The van der Waals surface area contributed by atoms with Gasteiger partial charge in [0.2, 0.25) is 0 Å². The van der Waals surface area contributed by atoms with Crippen LogP contribution in [0.1, 0.15) is 11.7 Å². The lowest BCUT2D eigenvalue weighted by atomic mass is 10.0. The number of ether oxygens (including phenoxy) is 1. The zero-order valence-electron chi connectivity index (χ0n) is 9.44. The first-order chi connectivity index (χ1) is 7.84. The Bertz CT molecular complexity index is 491. The second-order valence-electron chi connectivity index (χ2n) is 4.41. The van der Waals surface area contributed by atoms with Gasteiger partial charge in [0.05, 0.1) is 12.7 Å². The van der Waals surface area contributed by atoms with E-state index < -0.39 is 0 Å². The zero-order valence-corrected chi connectivity index (χ0v) is 9.44. The van der Waals surface area contributed by atoms with E-state index in [2.05, 4.69) is 41.2 Å². The summed E-state index contributed by atoms with van der Waals surface area (Å²) in [6.07, 6.45) is 2.19. The number of hydrogen-bond donors (Lipinski definition) is 1. The van der Waals surface area contributed by atoms with Crippen molar-refractivity contribution >= 4 is 10.9 Å². The van der Waals surface area contributed by atoms with Crippen molar-refractivity contribution in [2.45, 2.75) is 6.10 Å². The molecule has 1 atom stereocenters. The number of aromatic nitrogens is 1. The summed E-state index contributed by atoms with van der Waals surface area (Å²) in [4.78, 5) is 5.56. The van der Waals surface area contributed by atoms with Crippen molar-refractivity contribution in [1.82, 2.24) is 9.88 Å². The largest absolute Gasteiger partial charge is 0.371 e. The molecule has 16 heavy (non-hydrogen) atoms. The van der Waals surface area contributed by atoms with E-state index in [1.807, 2.05) is 6.20 Å². The molecule has 3 rings (SSSR count). The summed E-state index contributed by atoms with van der Waals surface area (Å²) in [5, 5.41) is 1.28. The molecule has 0 radical (unpaired) electrons. The molecule has 3 heteroatoms. The molecule has 1 aliphatic heterocycles. The summed E-state index contributed by atoms with van der Waals surface area (Å²) in [6.45, 7) is 2.83. The van der Waals surface area contributed by atoms with Crippen LogP contribution in [0.5, 0.6) is 0 Å². The van der Waals surface area contributed by atoms with Crippen LogP contribution in [0.25, 0.3) is 10.9 Å². The third-order valence-corrected chi connectivity index (χ3v) is 3.25. The van der Waals surface area contributed by atoms with Crippen LogP contribution in [-0.2, 0) is 4.74 Å². The van der Waals surface area contributed by atoms with Crippen LogP contribution < -0.4 is 0 Å². The Labute approximate surface area is 95.0 Å². The average molecular weight is 216 g/mol. The molecule has 0 spiro atoms. The van der Waals surface area contributed by atoms with E-state index in [0.29, 0.717) is 0 Å². The zero-order chi connectivity index (χ0) is 11.0. The third-order valence-electron chi connectivity index (χ3n) is 3.25.